The van der Waals surface area contributed by atoms with Crippen LogP contribution in [0.25, 0.3) is 0 Å². The van der Waals surface area contributed by atoms with Gasteiger partial charge in [0, 0.05) is 0 Å². The molecule has 0 aliphatic heterocycles. The normalized spacial score (nSPS) is 11.2. The Labute approximate surface area is 65.6 Å². The molecule has 52 valence electrons. The van der Waals surface area contributed by atoms with E-state index >= 15 is 0 Å². The summed E-state index contributed by atoms with van der Waals surface area (Å²) in [6.07, 6.45) is 0. The van der Waals surface area contributed by atoms with Crippen molar-refractivity contribution in [3.63, 3.8) is 0 Å². The lowest BCUT2D eigenvalue weighted by atomic mass is 10.2. The molecule has 3 heteroatoms. The Morgan fingerprint density at radius 1 is 1.50 bits per heavy atom. The summed E-state index contributed by atoms with van der Waals surface area (Å²) in [5.74, 6) is 0. The third kappa shape index (κ3) is 1.80. The van der Waals surface area contributed by atoms with Gasteiger partial charge in [0.25, 0.3) is 0 Å². The van der Waals surface area contributed by atoms with Crippen molar-refractivity contribution in [2.45, 2.75) is 6.92 Å². The van der Waals surface area contributed by atoms with E-state index in [1.54, 1.807) is 6.07 Å². The Bertz CT molecular complexity index is 260. The van der Waals surface area contributed by atoms with Gasteiger partial charge in [-0.15, -0.1) is 0 Å². The van der Waals surface area contributed by atoms with Gasteiger partial charge < -0.3 is 0 Å². The molecule has 0 heterocycles. The van der Waals surface area contributed by atoms with Gasteiger partial charge >= 0.3 is 7.15 Å². The molecule has 10 heavy (non-hydrogen) atoms. The molecule has 0 spiro atoms. The summed E-state index contributed by atoms with van der Waals surface area (Å²) in [6.45, 7) is 1.94. The van der Waals surface area contributed by atoms with Crippen molar-refractivity contribution in [3.8, 4) is 0 Å². The number of hydrogen-bond acceptors (Lipinski definition) is 1. The van der Waals surface area contributed by atoms with E-state index < -0.39 is 7.15 Å². The Kier molecular flexibility index (Phi) is 2.42. The second-order valence-electron chi connectivity index (χ2n) is 2.08. The molecule has 0 saturated heterocycles. The molecule has 1 unspecified atom stereocenters. The standard InChI is InChI=1S/C7H7ClOP/c1-6-3-2-4-7(5-6)10(8)9/h2-5H,1H3/q+1. The Balaban J connectivity index is 3.07. The number of aryl methyl sites for hydroxylation is 1. The van der Waals surface area contributed by atoms with Crippen LogP contribution in [0.1, 0.15) is 5.56 Å². The van der Waals surface area contributed by atoms with E-state index in [0.717, 1.165) is 5.56 Å². The van der Waals surface area contributed by atoms with Crippen LogP contribution in [-0.4, -0.2) is 0 Å². The summed E-state index contributed by atoms with van der Waals surface area (Å²) in [6, 6.07) is 7.38. The van der Waals surface area contributed by atoms with Crippen molar-refractivity contribution in [3.05, 3.63) is 29.8 Å². The third-order valence-electron chi connectivity index (χ3n) is 1.20. The molecule has 0 bridgehead atoms. The van der Waals surface area contributed by atoms with Gasteiger partial charge in [0.2, 0.25) is 16.5 Å². The summed E-state index contributed by atoms with van der Waals surface area (Å²) in [7, 11) is -1.69. The average molecular weight is 174 g/mol. The second kappa shape index (κ2) is 3.14. The number of halogens is 1. The molecule has 0 saturated carbocycles. The third-order valence-corrected chi connectivity index (χ3v) is 2.47. The van der Waals surface area contributed by atoms with E-state index in [1.807, 2.05) is 25.1 Å². The molecule has 0 fully saturated rings. The van der Waals surface area contributed by atoms with Gasteiger partial charge in [-0.1, -0.05) is 12.1 Å². The van der Waals surface area contributed by atoms with E-state index in [1.165, 1.54) is 0 Å². The van der Waals surface area contributed by atoms with Crippen LogP contribution in [0.15, 0.2) is 24.3 Å². The monoisotopic (exact) mass is 173 g/mol. The van der Waals surface area contributed by atoms with Gasteiger partial charge in [-0.3, -0.25) is 0 Å². The van der Waals surface area contributed by atoms with Crippen LogP contribution >= 0.6 is 18.4 Å². The van der Waals surface area contributed by atoms with Crippen LogP contribution in [0.5, 0.6) is 0 Å². The van der Waals surface area contributed by atoms with E-state index in [9.17, 15) is 4.57 Å². The molecule has 0 radical (unpaired) electrons. The number of hydrogen-bond donors (Lipinski definition) is 0. The van der Waals surface area contributed by atoms with Crippen LogP contribution < -0.4 is 5.30 Å². The predicted molar refractivity (Wildman–Crippen MR) is 44.3 cm³/mol. The SMILES string of the molecule is Cc1cccc([P+](=O)Cl)c1. The minimum Gasteiger partial charge on any atom is -0.0590 e. The first kappa shape index (κ1) is 7.71. The molecule has 0 aromatic heterocycles. The van der Waals surface area contributed by atoms with Crippen LogP contribution in [-0.2, 0) is 4.57 Å². The van der Waals surface area contributed by atoms with Crippen molar-refractivity contribution in [2.75, 3.05) is 0 Å². The molecule has 1 aromatic carbocycles. The topological polar surface area (TPSA) is 17.1 Å². The molecule has 1 aromatic rings. The zero-order valence-corrected chi connectivity index (χ0v) is 7.19. The second-order valence-corrected chi connectivity index (χ2v) is 4.01. The fourth-order valence-corrected chi connectivity index (χ4v) is 1.56. The van der Waals surface area contributed by atoms with E-state index in [-0.39, 0.29) is 0 Å². The first-order chi connectivity index (χ1) is 4.70. The van der Waals surface area contributed by atoms with Crippen molar-refractivity contribution in [2.24, 2.45) is 0 Å². The quantitative estimate of drug-likeness (QED) is 0.597. The van der Waals surface area contributed by atoms with Crippen LogP contribution in [0.4, 0.5) is 0 Å². The van der Waals surface area contributed by atoms with Crippen molar-refractivity contribution < 1.29 is 4.57 Å². The van der Waals surface area contributed by atoms with Gasteiger partial charge in [-0.25, -0.2) is 0 Å². The maximum absolute atomic E-state index is 10.7. The van der Waals surface area contributed by atoms with E-state index in [0.29, 0.717) is 5.30 Å². The molecular weight excluding hydrogens is 167 g/mol. The van der Waals surface area contributed by atoms with Gasteiger partial charge in [0.05, 0.1) is 0 Å². The Hall–Kier alpha value is -0.390. The highest BCUT2D eigenvalue weighted by atomic mass is 35.7. The van der Waals surface area contributed by atoms with E-state index in [2.05, 4.69) is 0 Å². The maximum Gasteiger partial charge on any atom is 0.494 e. The molecular formula is C7H7ClOP+. The molecule has 1 rings (SSSR count). The molecule has 0 N–H and O–H groups in total. The maximum atomic E-state index is 10.7. The zero-order chi connectivity index (χ0) is 7.56. The van der Waals surface area contributed by atoms with Crippen LogP contribution in [0.2, 0.25) is 0 Å². The number of benzene rings is 1. The summed E-state index contributed by atoms with van der Waals surface area (Å²) in [5.41, 5.74) is 1.08. The van der Waals surface area contributed by atoms with Gasteiger partial charge in [-0.05, 0) is 29.2 Å². The smallest absolute Gasteiger partial charge is 0.0590 e. The summed E-state index contributed by atoms with van der Waals surface area (Å²) >= 11 is 5.38. The molecule has 0 amide bonds. The minimum absolute atomic E-state index is 0.705. The molecule has 1 nitrogen and oxygen atoms in total. The molecule has 1 atom stereocenters. The van der Waals surface area contributed by atoms with Gasteiger partial charge in [0.15, 0.2) is 0 Å². The minimum atomic E-state index is -1.69. The van der Waals surface area contributed by atoms with Gasteiger partial charge in [-0.2, -0.15) is 0 Å². The molecule has 0 aliphatic rings. The highest BCUT2D eigenvalue weighted by Crippen LogP contribution is 2.24. The fraction of sp³-hybridized carbons (Fsp3) is 0.143. The van der Waals surface area contributed by atoms with E-state index in [4.69, 9.17) is 11.2 Å². The summed E-state index contributed by atoms with van der Waals surface area (Å²) in [4.78, 5) is 0. The Morgan fingerprint density at radius 3 is 2.60 bits per heavy atom. The van der Waals surface area contributed by atoms with Gasteiger partial charge in [0.1, 0.15) is 0 Å². The van der Waals surface area contributed by atoms with Crippen LogP contribution in [0.3, 0.4) is 0 Å². The highest BCUT2D eigenvalue weighted by Gasteiger charge is 2.14. The highest BCUT2D eigenvalue weighted by molar-refractivity contribution is 7.80. The largest absolute Gasteiger partial charge is 0.494 e. The molecule has 0 aliphatic carbocycles. The lowest BCUT2D eigenvalue weighted by Crippen LogP contribution is -1.92. The predicted octanol–water partition coefficient (Wildman–Crippen LogP) is 2.60. The van der Waals surface area contributed by atoms with Crippen LogP contribution in [0, 0.1) is 6.92 Å². The van der Waals surface area contributed by atoms with Crippen molar-refractivity contribution in [1.82, 2.24) is 0 Å². The lowest BCUT2D eigenvalue weighted by Gasteiger charge is -1.85. The van der Waals surface area contributed by atoms with Crippen molar-refractivity contribution in [1.29, 1.82) is 0 Å². The Morgan fingerprint density at radius 2 is 2.20 bits per heavy atom. The van der Waals surface area contributed by atoms with Crippen molar-refractivity contribution >= 4 is 23.7 Å². The summed E-state index contributed by atoms with van der Waals surface area (Å²) < 4.78 is 10.7. The number of rotatable bonds is 1. The fourth-order valence-electron chi connectivity index (χ4n) is 0.737. The lowest BCUT2D eigenvalue weighted by molar-refractivity contribution is 0.600. The average Bonchev–Trinajstić information content (AvgIpc) is 1.88. The zero-order valence-electron chi connectivity index (χ0n) is 5.54. The first-order valence-electron chi connectivity index (χ1n) is 2.90. The first-order valence-corrected chi connectivity index (χ1v) is 5.06. The summed E-state index contributed by atoms with van der Waals surface area (Å²) in [5, 5.41) is 0.705.